The van der Waals surface area contributed by atoms with Gasteiger partial charge in [0.15, 0.2) is 0 Å². The zero-order chi connectivity index (χ0) is 15.6. The summed E-state index contributed by atoms with van der Waals surface area (Å²) in [5, 5.41) is 2.60. The van der Waals surface area contributed by atoms with Crippen molar-refractivity contribution in [3.63, 3.8) is 0 Å². The Labute approximate surface area is 120 Å². The lowest BCUT2D eigenvalue weighted by atomic mass is 10.1. The fourth-order valence-corrected chi connectivity index (χ4v) is 2.06. The van der Waals surface area contributed by atoms with Crippen molar-refractivity contribution in [2.45, 2.75) is 27.3 Å². The van der Waals surface area contributed by atoms with Crippen molar-refractivity contribution in [2.24, 2.45) is 0 Å². The number of hydrogen-bond donors (Lipinski definition) is 3. The molecule has 2 aromatic rings. The zero-order valence-electron chi connectivity index (χ0n) is 12.0. The molecule has 0 saturated heterocycles. The van der Waals surface area contributed by atoms with Crippen LogP contribution in [0.15, 0.2) is 21.7 Å². The molecule has 110 valence electrons. The molecule has 0 radical (unpaired) electrons. The van der Waals surface area contributed by atoms with Gasteiger partial charge in [0.05, 0.1) is 0 Å². The van der Waals surface area contributed by atoms with E-state index in [1.54, 1.807) is 20.8 Å². The number of H-pyrrole nitrogens is 2. The van der Waals surface area contributed by atoms with E-state index >= 15 is 0 Å². The number of amides is 1. The second kappa shape index (κ2) is 5.74. The number of pyridine rings is 1. The molecule has 0 aliphatic heterocycles. The topological polar surface area (TPSA) is 108 Å². The highest BCUT2D eigenvalue weighted by Crippen LogP contribution is 2.03. The third kappa shape index (κ3) is 3.44. The number of aryl methyl sites for hydroxylation is 3. The number of nitrogens with zero attached hydrogens (tertiary/aromatic N) is 1. The SMILES string of the molecule is Cc1cc(C(=O)NCc2c(C)cc(C)[nH]c2=O)nc(=O)[nH]1. The molecule has 21 heavy (non-hydrogen) atoms. The van der Waals surface area contributed by atoms with E-state index in [4.69, 9.17) is 0 Å². The lowest BCUT2D eigenvalue weighted by Gasteiger charge is -2.08. The van der Waals surface area contributed by atoms with Gasteiger partial charge in [0.1, 0.15) is 5.69 Å². The van der Waals surface area contributed by atoms with E-state index in [-0.39, 0.29) is 17.8 Å². The third-order valence-corrected chi connectivity index (χ3v) is 3.03. The number of nitrogens with one attached hydrogen (secondary N) is 3. The summed E-state index contributed by atoms with van der Waals surface area (Å²) >= 11 is 0. The molecule has 0 atom stereocenters. The Kier molecular flexibility index (Phi) is 4.02. The Morgan fingerprint density at radius 1 is 1.14 bits per heavy atom. The number of aromatic amines is 2. The molecule has 2 rings (SSSR count). The first-order chi connectivity index (χ1) is 9.86. The molecule has 0 aromatic carbocycles. The largest absolute Gasteiger partial charge is 0.346 e. The fraction of sp³-hybridized carbons (Fsp3) is 0.286. The quantitative estimate of drug-likeness (QED) is 0.755. The Morgan fingerprint density at radius 3 is 2.43 bits per heavy atom. The molecule has 0 aliphatic rings. The van der Waals surface area contributed by atoms with E-state index in [0.717, 1.165) is 11.3 Å². The van der Waals surface area contributed by atoms with Crippen LogP contribution in [0.4, 0.5) is 0 Å². The zero-order valence-corrected chi connectivity index (χ0v) is 12.0. The van der Waals surface area contributed by atoms with Gasteiger partial charge in [-0.25, -0.2) is 4.79 Å². The highest BCUT2D eigenvalue weighted by Gasteiger charge is 2.11. The predicted octanol–water partition coefficient (Wildman–Crippen LogP) is 0.313. The standard InChI is InChI=1S/C14H16N4O3/c1-7-4-8(2)16-12(19)10(7)6-15-13(20)11-5-9(3)17-14(21)18-11/h4-5H,6H2,1-3H3,(H,15,20)(H,16,19)(H,17,18,21). The van der Waals surface area contributed by atoms with Crippen molar-refractivity contribution >= 4 is 5.91 Å². The number of hydrogen-bond acceptors (Lipinski definition) is 4. The molecule has 7 nitrogen and oxygen atoms in total. The second-order valence-corrected chi connectivity index (χ2v) is 4.88. The molecule has 2 aromatic heterocycles. The van der Waals surface area contributed by atoms with Gasteiger partial charge in [0, 0.05) is 23.5 Å². The summed E-state index contributed by atoms with van der Waals surface area (Å²) in [5.41, 5.74) is 1.80. The van der Waals surface area contributed by atoms with E-state index in [9.17, 15) is 14.4 Å². The number of aromatic nitrogens is 3. The normalized spacial score (nSPS) is 10.4. The van der Waals surface area contributed by atoms with Crippen molar-refractivity contribution in [2.75, 3.05) is 0 Å². The summed E-state index contributed by atoms with van der Waals surface area (Å²) in [4.78, 5) is 43.8. The van der Waals surface area contributed by atoms with Gasteiger partial charge in [-0.1, -0.05) is 0 Å². The molecule has 0 spiro atoms. The lowest BCUT2D eigenvalue weighted by Crippen LogP contribution is -2.30. The van der Waals surface area contributed by atoms with Gasteiger partial charge in [-0.3, -0.25) is 9.59 Å². The lowest BCUT2D eigenvalue weighted by molar-refractivity contribution is 0.0945. The van der Waals surface area contributed by atoms with Crippen LogP contribution >= 0.6 is 0 Å². The van der Waals surface area contributed by atoms with Crippen molar-refractivity contribution in [1.82, 2.24) is 20.3 Å². The van der Waals surface area contributed by atoms with Crippen molar-refractivity contribution in [1.29, 1.82) is 0 Å². The maximum absolute atomic E-state index is 12.0. The van der Waals surface area contributed by atoms with Crippen LogP contribution in [0.5, 0.6) is 0 Å². The Balaban J connectivity index is 2.18. The van der Waals surface area contributed by atoms with Crippen LogP contribution < -0.4 is 16.6 Å². The van der Waals surface area contributed by atoms with Crippen LogP contribution in [-0.2, 0) is 6.54 Å². The highest BCUT2D eigenvalue weighted by atomic mass is 16.2. The first-order valence-electron chi connectivity index (χ1n) is 6.42. The smallest absolute Gasteiger partial charge is 0.345 e. The van der Waals surface area contributed by atoms with Crippen LogP contribution in [0.25, 0.3) is 0 Å². The summed E-state index contributed by atoms with van der Waals surface area (Å²) in [6.45, 7) is 5.33. The van der Waals surface area contributed by atoms with Gasteiger partial charge in [-0.05, 0) is 38.5 Å². The van der Waals surface area contributed by atoms with Gasteiger partial charge in [0.25, 0.3) is 11.5 Å². The maximum Gasteiger partial charge on any atom is 0.345 e. The first-order valence-corrected chi connectivity index (χ1v) is 6.42. The molecule has 0 unspecified atom stereocenters. The van der Waals surface area contributed by atoms with Crippen LogP contribution in [0.2, 0.25) is 0 Å². The van der Waals surface area contributed by atoms with Crippen molar-refractivity contribution in [3.05, 3.63) is 61.2 Å². The molecule has 2 heterocycles. The average molecular weight is 288 g/mol. The van der Waals surface area contributed by atoms with E-state index in [1.807, 2.05) is 6.07 Å². The van der Waals surface area contributed by atoms with Crippen molar-refractivity contribution < 1.29 is 4.79 Å². The first kappa shape index (κ1) is 14.7. The van der Waals surface area contributed by atoms with E-state index < -0.39 is 11.6 Å². The molecule has 1 amide bonds. The Bertz CT molecular complexity index is 805. The van der Waals surface area contributed by atoms with Gasteiger partial charge >= 0.3 is 5.69 Å². The summed E-state index contributed by atoms with van der Waals surface area (Å²) in [5.74, 6) is -0.497. The molecule has 3 N–H and O–H groups in total. The monoisotopic (exact) mass is 288 g/mol. The van der Waals surface area contributed by atoms with Crippen LogP contribution in [-0.4, -0.2) is 20.9 Å². The molecular formula is C14H16N4O3. The average Bonchev–Trinajstić information content (AvgIpc) is 2.35. The molecular weight excluding hydrogens is 272 g/mol. The van der Waals surface area contributed by atoms with E-state index in [0.29, 0.717) is 11.3 Å². The van der Waals surface area contributed by atoms with Crippen LogP contribution in [0.1, 0.15) is 33.0 Å². The minimum atomic E-state index is -0.579. The van der Waals surface area contributed by atoms with Gasteiger partial charge in [-0.2, -0.15) is 4.98 Å². The summed E-state index contributed by atoms with van der Waals surface area (Å²) in [6.07, 6.45) is 0. The van der Waals surface area contributed by atoms with Gasteiger partial charge in [-0.15, -0.1) is 0 Å². The van der Waals surface area contributed by atoms with Gasteiger partial charge in [0.2, 0.25) is 0 Å². The minimum Gasteiger partial charge on any atom is -0.346 e. The predicted molar refractivity (Wildman–Crippen MR) is 77.3 cm³/mol. The molecule has 0 aliphatic carbocycles. The minimum absolute atomic E-state index is 0.0254. The highest BCUT2D eigenvalue weighted by molar-refractivity contribution is 5.92. The van der Waals surface area contributed by atoms with E-state index in [2.05, 4.69) is 20.3 Å². The maximum atomic E-state index is 12.0. The summed E-state index contributed by atoms with van der Waals surface area (Å²) < 4.78 is 0. The number of carbonyl (C=O) groups is 1. The Morgan fingerprint density at radius 2 is 1.81 bits per heavy atom. The molecule has 7 heteroatoms. The molecule has 0 saturated carbocycles. The molecule has 0 fully saturated rings. The molecule has 0 bridgehead atoms. The van der Waals surface area contributed by atoms with Crippen LogP contribution in [0, 0.1) is 20.8 Å². The van der Waals surface area contributed by atoms with Crippen molar-refractivity contribution in [3.8, 4) is 0 Å². The third-order valence-electron chi connectivity index (χ3n) is 3.03. The number of rotatable bonds is 3. The second-order valence-electron chi connectivity index (χ2n) is 4.88. The Hall–Kier alpha value is -2.70. The van der Waals surface area contributed by atoms with Crippen LogP contribution in [0.3, 0.4) is 0 Å². The van der Waals surface area contributed by atoms with Gasteiger partial charge < -0.3 is 15.3 Å². The number of carbonyl (C=O) groups excluding carboxylic acids is 1. The van der Waals surface area contributed by atoms with E-state index in [1.165, 1.54) is 6.07 Å². The fourth-order valence-electron chi connectivity index (χ4n) is 2.06. The summed E-state index contributed by atoms with van der Waals surface area (Å²) in [6, 6.07) is 3.31. The summed E-state index contributed by atoms with van der Waals surface area (Å²) in [7, 11) is 0.